The molecule has 0 amide bonds. The van der Waals surface area contributed by atoms with Crippen LogP contribution in [0.3, 0.4) is 0 Å². The van der Waals surface area contributed by atoms with Crippen LogP contribution in [0.1, 0.15) is 31.7 Å². The lowest BCUT2D eigenvalue weighted by molar-refractivity contribution is 0.185. The molecule has 2 aromatic rings. The van der Waals surface area contributed by atoms with Gasteiger partial charge < -0.3 is 20.5 Å². The number of rotatable bonds is 7. The largest absolute Gasteiger partial charge is 0.361 e. The molecule has 0 bridgehead atoms. The molecule has 27 heavy (non-hydrogen) atoms. The van der Waals surface area contributed by atoms with E-state index in [2.05, 4.69) is 62.9 Å². The van der Waals surface area contributed by atoms with Gasteiger partial charge in [-0.15, -0.1) is 24.0 Å². The molecule has 2 heterocycles. The monoisotopic (exact) mass is 483 g/mol. The molecule has 5 nitrogen and oxygen atoms in total. The van der Waals surface area contributed by atoms with E-state index in [9.17, 15) is 0 Å². The quantitative estimate of drug-likeness (QED) is 0.321. The van der Waals surface area contributed by atoms with Crippen LogP contribution in [0.4, 0.5) is 0 Å². The van der Waals surface area contributed by atoms with E-state index in [-0.39, 0.29) is 24.0 Å². The van der Waals surface area contributed by atoms with E-state index >= 15 is 0 Å². The van der Waals surface area contributed by atoms with Crippen molar-refractivity contribution in [3.8, 4) is 0 Å². The molecule has 3 N–H and O–H groups in total. The number of halogens is 1. The molecule has 3 rings (SSSR count). The average Bonchev–Trinajstić information content (AvgIpc) is 3.09. The van der Waals surface area contributed by atoms with Gasteiger partial charge in [-0.1, -0.05) is 25.1 Å². The third-order valence-electron chi connectivity index (χ3n) is 5.39. The summed E-state index contributed by atoms with van der Waals surface area (Å²) >= 11 is 0. The van der Waals surface area contributed by atoms with Crippen LogP contribution in [-0.4, -0.2) is 55.6 Å². The lowest BCUT2D eigenvalue weighted by atomic mass is 9.97. The van der Waals surface area contributed by atoms with Gasteiger partial charge in [0.15, 0.2) is 5.96 Å². The van der Waals surface area contributed by atoms with E-state index in [4.69, 9.17) is 0 Å². The van der Waals surface area contributed by atoms with Gasteiger partial charge in [-0.25, -0.2) is 0 Å². The number of para-hydroxylation sites is 1. The second-order valence-electron chi connectivity index (χ2n) is 7.27. The summed E-state index contributed by atoms with van der Waals surface area (Å²) in [6, 6.07) is 8.47. The van der Waals surface area contributed by atoms with E-state index in [1.165, 1.54) is 55.4 Å². The van der Waals surface area contributed by atoms with Crippen LogP contribution in [-0.2, 0) is 6.42 Å². The first-order chi connectivity index (χ1) is 12.8. The third kappa shape index (κ3) is 6.38. The molecule has 1 aromatic heterocycles. The number of nitrogens with one attached hydrogen (secondary N) is 3. The first kappa shape index (κ1) is 22.0. The number of hydrogen-bond donors (Lipinski definition) is 3. The fourth-order valence-electron chi connectivity index (χ4n) is 3.85. The average molecular weight is 483 g/mol. The Hall–Kier alpha value is -1.28. The molecular formula is C21H34IN5. The Morgan fingerprint density at radius 2 is 2.00 bits per heavy atom. The first-order valence-electron chi connectivity index (χ1n) is 10.0. The SMILES string of the molecule is CCCN1CCC(CNC(=NC)NCCc2c[nH]c3ccccc23)CC1.I. The molecule has 1 aromatic carbocycles. The lowest BCUT2D eigenvalue weighted by Crippen LogP contribution is -2.43. The first-order valence-corrected chi connectivity index (χ1v) is 10.0. The van der Waals surface area contributed by atoms with Crippen LogP contribution >= 0.6 is 24.0 Å². The Kier molecular flexibility index (Phi) is 9.41. The molecule has 1 saturated heterocycles. The number of hydrogen-bond acceptors (Lipinski definition) is 2. The Bertz CT molecular complexity index is 703. The molecule has 0 unspecified atom stereocenters. The number of aromatic nitrogens is 1. The van der Waals surface area contributed by atoms with Gasteiger partial charge in [0.25, 0.3) is 0 Å². The Balaban J connectivity index is 0.00000261. The molecule has 6 heteroatoms. The maximum atomic E-state index is 4.37. The van der Waals surface area contributed by atoms with Crippen molar-refractivity contribution in [2.45, 2.75) is 32.6 Å². The van der Waals surface area contributed by atoms with Crippen LogP contribution in [0.2, 0.25) is 0 Å². The highest BCUT2D eigenvalue weighted by Gasteiger charge is 2.18. The fourth-order valence-corrected chi connectivity index (χ4v) is 3.85. The number of fused-ring (bicyclic) bond motifs is 1. The molecule has 0 saturated carbocycles. The van der Waals surface area contributed by atoms with Crippen molar-refractivity contribution in [3.05, 3.63) is 36.0 Å². The van der Waals surface area contributed by atoms with Gasteiger partial charge in [-0.05, 0) is 62.9 Å². The van der Waals surface area contributed by atoms with Crippen molar-refractivity contribution >= 4 is 40.8 Å². The number of guanidine groups is 1. The zero-order chi connectivity index (χ0) is 18.2. The summed E-state index contributed by atoms with van der Waals surface area (Å²) in [5.41, 5.74) is 2.56. The number of likely N-dealkylation sites (tertiary alicyclic amines) is 1. The normalized spacial score (nSPS) is 16.3. The highest BCUT2D eigenvalue weighted by molar-refractivity contribution is 14.0. The number of aliphatic imine (C=N–C) groups is 1. The van der Waals surface area contributed by atoms with Crippen LogP contribution in [0.25, 0.3) is 10.9 Å². The summed E-state index contributed by atoms with van der Waals surface area (Å²) in [6.45, 7) is 7.90. The summed E-state index contributed by atoms with van der Waals surface area (Å²) in [5, 5.41) is 8.29. The van der Waals surface area contributed by atoms with Crippen LogP contribution in [0.5, 0.6) is 0 Å². The number of aromatic amines is 1. The van der Waals surface area contributed by atoms with E-state index in [1.54, 1.807) is 0 Å². The van der Waals surface area contributed by atoms with Crippen LogP contribution in [0.15, 0.2) is 35.5 Å². The maximum absolute atomic E-state index is 4.37. The predicted molar refractivity (Wildman–Crippen MR) is 126 cm³/mol. The van der Waals surface area contributed by atoms with Gasteiger partial charge in [0.2, 0.25) is 0 Å². The number of piperidine rings is 1. The second kappa shape index (κ2) is 11.5. The predicted octanol–water partition coefficient (Wildman–Crippen LogP) is 3.62. The summed E-state index contributed by atoms with van der Waals surface area (Å²) in [4.78, 5) is 10.3. The Morgan fingerprint density at radius 1 is 1.22 bits per heavy atom. The third-order valence-corrected chi connectivity index (χ3v) is 5.39. The molecule has 0 aliphatic carbocycles. The molecule has 1 aliphatic rings. The summed E-state index contributed by atoms with van der Waals surface area (Å²) < 4.78 is 0. The van der Waals surface area contributed by atoms with Crippen molar-refractivity contribution < 1.29 is 0 Å². The van der Waals surface area contributed by atoms with Gasteiger partial charge in [-0.3, -0.25) is 4.99 Å². The minimum absolute atomic E-state index is 0. The smallest absolute Gasteiger partial charge is 0.190 e. The van der Waals surface area contributed by atoms with Gasteiger partial charge in [0, 0.05) is 37.2 Å². The second-order valence-corrected chi connectivity index (χ2v) is 7.27. The zero-order valence-electron chi connectivity index (χ0n) is 16.6. The van der Waals surface area contributed by atoms with Crippen molar-refractivity contribution in [1.82, 2.24) is 20.5 Å². The molecule has 0 spiro atoms. The molecule has 150 valence electrons. The minimum atomic E-state index is 0. The van der Waals surface area contributed by atoms with Crippen molar-refractivity contribution in [1.29, 1.82) is 0 Å². The van der Waals surface area contributed by atoms with Gasteiger partial charge in [0.1, 0.15) is 0 Å². The van der Waals surface area contributed by atoms with E-state index < -0.39 is 0 Å². The Labute approximate surface area is 180 Å². The van der Waals surface area contributed by atoms with Gasteiger partial charge in [0.05, 0.1) is 0 Å². The molecule has 1 fully saturated rings. The van der Waals surface area contributed by atoms with Crippen LogP contribution in [0, 0.1) is 5.92 Å². The van der Waals surface area contributed by atoms with Crippen molar-refractivity contribution in [2.24, 2.45) is 10.9 Å². The zero-order valence-corrected chi connectivity index (χ0v) is 19.0. The maximum Gasteiger partial charge on any atom is 0.190 e. The number of H-pyrrole nitrogens is 1. The molecule has 0 radical (unpaired) electrons. The minimum Gasteiger partial charge on any atom is -0.361 e. The number of benzene rings is 1. The van der Waals surface area contributed by atoms with E-state index in [0.717, 1.165) is 31.4 Å². The summed E-state index contributed by atoms with van der Waals surface area (Å²) in [7, 11) is 1.85. The molecule has 0 atom stereocenters. The summed E-state index contributed by atoms with van der Waals surface area (Å²) in [6.07, 6.45) is 6.95. The topological polar surface area (TPSA) is 55.4 Å². The van der Waals surface area contributed by atoms with Crippen molar-refractivity contribution in [3.63, 3.8) is 0 Å². The van der Waals surface area contributed by atoms with Gasteiger partial charge >= 0.3 is 0 Å². The number of nitrogens with zero attached hydrogens (tertiary/aromatic N) is 2. The Morgan fingerprint density at radius 3 is 2.74 bits per heavy atom. The van der Waals surface area contributed by atoms with Crippen LogP contribution < -0.4 is 10.6 Å². The highest BCUT2D eigenvalue weighted by atomic mass is 127. The van der Waals surface area contributed by atoms with Crippen molar-refractivity contribution in [2.75, 3.05) is 39.8 Å². The molecular weight excluding hydrogens is 449 g/mol. The summed E-state index contributed by atoms with van der Waals surface area (Å²) in [5.74, 6) is 1.68. The van der Waals surface area contributed by atoms with E-state index in [1.807, 2.05) is 7.05 Å². The molecule has 1 aliphatic heterocycles. The highest BCUT2D eigenvalue weighted by Crippen LogP contribution is 2.18. The van der Waals surface area contributed by atoms with Gasteiger partial charge in [-0.2, -0.15) is 0 Å². The fraction of sp³-hybridized carbons (Fsp3) is 0.571. The standard InChI is InChI=1S/C21H33N5.HI/c1-3-12-26-13-9-17(10-14-26)15-25-21(22-2)23-11-8-18-16-24-20-7-5-4-6-19(18)20;/h4-7,16-17,24H,3,8-15H2,1-2H3,(H2,22,23,25);1H. The van der Waals surface area contributed by atoms with E-state index in [0.29, 0.717) is 0 Å². The lowest BCUT2D eigenvalue weighted by Gasteiger charge is -2.32.